The molecule has 1 atom stereocenters. The molecule has 0 saturated carbocycles. The Morgan fingerprint density at radius 3 is 2.61 bits per heavy atom. The minimum atomic E-state index is -0.900. The van der Waals surface area contributed by atoms with Gasteiger partial charge in [0.1, 0.15) is 24.7 Å². The van der Waals surface area contributed by atoms with E-state index in [2.05, 4.69) is 4.98 Å². The summed E-state index contributed by atoms with van der Waals surface area (Å²) in [6, 6.07) is 14.4. The fourth-order valence-electron chi connectivity index (χ4n) is 4.11. The Bertz CT molecular complexity index is 1270. The number of aliphatic hydroxyl groups excluding tert-OH is 1. The monoisotopic (exact) mass is 444 g/mol. The number of ketones is 1. The topological polar surface area (TPSA) is 98.2 Å². The largest absolute Gasteiger partial charge is 0.507 e. The van der Waals surface area contributed by atoms with Crippen molar-refractivity contribution in [1.82, 2.24) is 4.98 Å². The number of amides is 1. The molecule has 8 heteroatoms. The smallest absolute Gasteiger partial charge is 0.300 e. The minimum Gasteiger partial charge on any atom is -0.507 e. The third-order valence-corrected chi connectivity index (χ3v) is 5.60. The number of benzene rings is 2. The van der Waals surface area contributed by atoms with Gasteiger partial charge in [-0.15, -0.1) is 0 Å². The fraction of sp³-hybridized carbons (Fsp3) is 0.160. The third kappa shape index (κ3) is 3.45. The summed E-state index contributed by atoms with van der Waals surface area (Å²) >= 11 is 0. The molecule has 33 heavy (non-hydrogen) atoms. The molecule has 1 aromatic heterocycles. The van der Waals surface area contributed by atoms with Crippen molar-refractivity contribution in [3.05, 3.63) is 83.7 Å². The number of para-hydroxylation sites is 2. The van der Waals surface area contributed by atoms with E-state index in [9.17, 15) is 14.7 Å². The summed E-state index contributed by atoms with van der Waals surface area (Å²) in [5.74, 6) is -0.447. The summed E-state index contributed by atoms with van der Waals surface area (Å²) in [6.45, 7) is 0.814. The number of carbonyl (C=O) groups excluding carboxylic acids is 2. The number of hydrogen-bond donors (Lipinski definition) is 1. The molecular weight excluding hydrogens is 424 g/mol. The van der Waals surface area contributed by atoms with E-state index in [0.717, 1.165) is 0 Å². The normalized spacial score (nSPS) is 18.9. The first-order chi connectivity index (χ1) is 16.1. The molecule has 0 bridgehead atoms. The second-order valence-corrected chi connectivity index (χ2v) is 7.49. The van der Waals surface area contributed by atoms with Crippen molar-refractivity contribution in [2.75, 3.05) is 25.2 Å². The van der Waals surface area contributed by atoms with Gasteiger partial charge in [0, 0.05) is 18.0 Å². The lowest BCUT2D eigenvalue weighted by Crippen LogP contribution is -2.29. The van der Waals surface area contributed by atoms with Crippen LogP contribution >= 0.6 is 0 Å². The number of rotatable bonds is 4. The highest BCUT2D eigenvalue weighted by Gasteiger charge is 2.48. The zero-order valence-corrected chi connectivity index (χ0v) is 17.7. The molecule has 0 spiro atoms. The van der Waals surface area contributed by atoms with Gasteiger partial charge in [0.05, 0.1) is 24.4 Å². The van der Waals surface area contributed by atoms with Crippen LogP contribution in [0.5, 0.6) is 17.2 Å². The molecule has 1 unspecified atom stereocenters. The van der Waals surface area contributed by atoms with Gasteiger partial charge in [0.15, 0.2) is 11.5 Å². The van der Waals surface area contributed by atoms with Gasteiger partial charge in [-0.25, -0.2) is 0 Å². The van der Waals surface area contributed by atoms with Crippen LogP contribution in [0.3, 0.4) is 0 Å². The molecule has 2 aliphatic rings. The first kappa shape index (κ1) is 20.6. The highest BCUT2D eigenvalue weighted by molar-refractivity contribution is 6.51. The Kier molecular flexibility index (Phi) is 5.18. The molecule has 2 aromatic carbocycles. The number of pyridine rings is 1. The molecule has 0 radical (unpaired) electrons. The summed E-state index contributed by atoms with van der Waals surface area (Å²) < 4.78 is 16.6. The first-order valence-electron chi connectivity index (χ1n) is 10.3. The first-order valence-corrected chi connectivity index (χ1v) is 10.3. The molecule has 8 nitrogen and oxygen atoms in total. The van der Waals surface area contributed by atoms with Crippen LogP contribution in [0, 0.1) is 0 Å². The van der Waals surface area contributed by atoms with Gasteiger partial charge >= 0.3 is 0 Å². The van der Waals surface area contributed by atoms with E-state index >= 15 is 0 Å². The van der Waals surface area contributed by atoms with Crippen molar-refractivity contribution in [2.24, 2.45) is 0 Å². The summed E-state index contributed by atoms with van der Waals surface area (Å²) in [4.78, 5) is 32.0. The van der Waals surface area contributed by atoms with Crippen LogP contribution in [0.4, 0.5) is 5.69 Å². The van der Waals surface area contributed by atoms with E-state index in [1.807, 2.05) is 0 Å². The van der Waals surface area contributed by atoms with Crippen LogP contribution in [0.2, 0.25) is 0 Å². The molecule has 3 heterocycles. The van der Waals surface area contributed by atoms with Crippen molar-refractivity contribution < 1.29 is 28.9 Å². The van der Waals surface area contributed by atoms with Crippen molar-refractivity contribution in [2.45, 2.75) is 6.04 Å². The Morgan fingerprint density at radius 2 is 1.85 bits per heavy atom. The Morgan fingerprint density at radius 1 is 1.06 bits per heavy atom. The lowest BCUT2D eigenvalue weighted by Gasteiger charge is -2.26. The molecular formula is C25H20N2O6. The maximum Gasteiger partial charge on any atom is 0.300 e. The van der Waals surface area contributed by atoms with Crippen LogP contribution in [-0.4, -0.2) is 42.1 Å². The lowest BCUT2D eigenvalue weighted by atomic mass is 9.96. The van der Waals surface area contributed by atoms with Gasteiger partial charge in [-0.1, -0.05) is 18.2 Å². The number of carbonyl (C=O) groups is 2. The second kappa shape index (κ2) is 8.31. The van der Waals surface area contributed by atoms with Crippen LogP contribution in [-0.2, 0) is 9.59 Å². The maximum absolute atomic E-state index is 13.2. The van der Waals surface area contributed by atoms with E-state index in [1.165, 1.54) is 12.0 Å². The van der Waals surface area contributed by atoms with E-state index in [-0.39, 0.29) is 11.3 Å². The van der Waals surface area contributed by atoms with Gasteiger partial charge < -0.3 is 19.3 Å². The molecule has 1 saturated heterocycles. The molecule has 1 N–H and O–H groups in total. The fourth-order valence-corrected chi connectivity index (χ4v) is 4.11. The standard InChI is InChI=1S/C25H20N2O6/c1-31-18-7-3-2-6-17(18)27-22(16-5-4-10-26-14-16)21(24(29)25(27)30)23(28)15-8-9-19-20(13-15)33-12-11-32-19/h2-10,13-14,22,28H,11-12H2,1H3/b23-21-. The Balaban J connectivity index is 1.70. The molecule has 1 fully saturated rings. The van der Waals surface area contributed by atoms with Gasteiger partial charge in [0.2, 0.25) is 0 Å². The van der Waals surface area contributed by atoms with Gasteiger partial charge in [-0.2, -0.15) is 0 Å². The highest BCUT2D eigenvalue weighted by Crippen LogP contribution is 2.45. The summed E-state index contributed by atoms with van der Waals surface area (Å²) in [7, 11) is 1.49. The molecule has 5 rings (SSSR count). The van der Waals surface area contributed by atoms with E-state index in [4.69, 9.17) is 14.2 Å². The van der Waals surface area contributed by atoms with Crippen LogP contribution in [0.1, 0.15) is 17.2 Å². The number of aliphatic hydroxyl groups is 1. The van der Waals surface area contributed by atoms with Crippen LogP contribution in [0.15, 0.2) is 72.6 Å². The minimum absolute atomic E-state index is 0.0458. The van der Waals surface area contributed by atoms with Gasteiger partial charge in [-0.3, -0.25) is 19.5 Å². The quantitative estimate of drug-likeness (QED) is 0.374. The molecule has 2 aliphatic heterocycles. The number of fused-ring (bicyclic) bond motifs is 1. The SMILES string of the molecule is COc1ccccc1N1C(=O)C(=O)/C(=C(\O)c2ccc3c(c2)OCCO3)C1c1cccnc1. The van der Waals surface area contributed by atoms with E-state index < -0.39 is 17.7 Å². The summed E-state index contributed by atoms with van der Waals surface area (Å²) in [6.07, 6.45) is 3.16. The Hall–Kier alpha value is -4.33. The number of ether oxygens (including phenoxy) is 3. The third-order valence-electron chi connectivity index (χ3n) is 5.60. The van der Waals surface area contributed by atoms with Crippen molar-refractivity contribution in [3.8, 4) is 17.2 Å². The van der Waals surface area contributed by atoms with Crippen molar-refractivity contribution in [3.63, 3.8) is 0 Å². The summed E-state index contributed by atoms with van der Waals surface area (Å²) in [5, 5.41) is 11.3. The van der Waals surface area contributed by atoms with Crippen molar-refractivity contribution >= 4 is 23.1 Å². The average Bonchev–Trinajstić information content (AvgIpc) is 3.13. The highest BCUT2D eigenvalue weighted by atomic mass is 16.6. The average molecular weight is 444 g/mol. The molecule has 0 aliphatic carbocycles. The zero-order valence-electron chi connectivity index (χ0n) is 17.7. The number of Topliss-reactive ketones (excluding diaryl/α,β-unsaturated/α-hetero) is 1. The number of aromatic nitrogens is 1. The van der Waals surface area contributed by atoms with E-state index in [1.54, 1.807) is 67.0 Å². The maximum atomic E-state index is 13.2. The second-order valence-electron chi connectivity index (χ2n) is 7.49. The lowest BCUT2D eigenvalue weighted by molar-refractivity contribution is -0.132. The molecule has 3 aromatic rings. The zero-order chi connectivity index (χ0) is 22.9. The number of methoxy groups -OCH3 is 1. The van der Waals surface area contributed by atoms with Crippen LogP contribution in [0.25, 0.3) is 5.76 Å². The van der Waals surface area contributed by atoms with Crippen molar-refractivity contribution in [1.29, 1.82) is 0 Å². The predicted molar refractivity (Wildman–Crippen MR) is 119 cm³/mol. The molecule has 166 valence electrons. The van der Waals surface area contributed by atoms with Crippen LogP contribution < -0.4 is 19.1 Å². The predicted octanol–water partition coefficient (Wildman–Crippen LogP) is 3.49. The Labute approximate surface area is 189 Å². The number of anilines is 1. The van der Waals surface area contributed by atoms with E-state index in [0.29, 0.717) is 47.3 Å². The molecule has 1 amide bonds. The van der Waals surface area contributed by atoms with Gasteiger partial charge in [-0.05, 0) is 42.0 Å². The summed E-state index contributed by atoms with van der Waals surface area (Å²) in [5.41, 5.74) is 1.28. The number of nitrogens with zero attached hydrogens (tertiary/aromatic N) is 2. The van der Waals surface area contributed by atoms with Gasteiger partial charge in [0.25, 0.3) is 11.7 Å². The number of hydrogen-bond acceptors (Lipinski definition) is 7.